The molecule has 1 saturated carbocycles. The lowest BCUT2D eigenvalue weighted by Gasteiger charge is -2.36. The van der Waals surface area contributed by atoms with Crippen LogP contribution in [0.5, 0.6) is 5.75 Å². The third-order valence-corrected chi connectivity index (χ3v) is 8.29. The van der Waals surface area contributed by atoms with E-state index in [1.165, 1.54) is 6.07 Å². The molecule has 3 aliphatic rings. The van der Waals surface area contributed by atoms with E-state index < -0.39 is 0 Å². The maximum Gasteiger partial charge on any atom is 0.223 e. The highest BCUT2D eigenvalue weighted by molar-refractivity contribution is 5.79. The molecule has 1 aromatic heterocycles. The van der Waals surface area contributed by atoms with E-state index in [1.54, 1.807) is 19.2 Å². The number of nitrogens with one attached hydrogen (secondary N) is 3. The summed E-state index contributed by atoms with van der Waals surface area (Å²) in [6.45, 7) is 2.06. The number of aromatic nitrogens is 2. The number of benzene rings is 2. The van der Waals surface area contributed by atoms with Gasteiger partial charge in [-0.25, -0.2) is 14.4 Å². The minimum atomic E-state index is -0.255. The number of ether oxygens (including phenoxy) is 1. The van der Waals surface area contributed by atoms with Gasteiger partial charge in [0, 0.05) is 36.7 Å². The fourth-order valence-corrected chi connectivity index (χ4v) is 6.36. The lowest BCUT2D eigenvalue weighted by molar-refractivity contribution is -0.127. The van der Waals surface area contributed by atoms with Gasteiger partial charge in [0.1, 0.15) is 22.6 Å². The van der Waals surface area contributed by atoms with E-state index in [-0.39, 0.29) is 29.7 Å². The molecule has 9 nitrogen and oxygen atoms in total. The first-order valence-corrected chi connectivity index (χ1v) is 13.2. The largest absolute Gasteiger partial charge is 0.496 e. The van der Waals surface area contributed by atoms with Gasteiger partial charge in [0.2, 0.25) is 5.91 Å². The molecule has 37 heavy (non-hydrogen) atoms. The third kappa shape index (κ3) is 4.93. The van der Waals surface area contributed by atoms with Crippen LogP contribution in [0.2, 0.25) is 0 Å². The second kappa shape index (κ2) is 10.4. The lowest BCUT2D eigenvalue weighted by Crippen LogP contribution is -2.50. The van der Waals surface area contributed by atoms with Gasteiger partial charge in [0.15, 0.2) is 0 Å². The Morgan fingerprint density at radius 2 is 2.08 bits per heavy atom. The molecule has 0 spiro atoms. The molecule has 1 amide bonds. The smallest absolute Gasteiger partial charge is 0.223 e. The molecule has 2 saturated heterocycles. The van der Waals surface area contributed by atoms with Crippen LogP contribution in [0.25, 0.3) is 11.0 Å². The quantitative estimate of drug-likeness (QED) is 0.467. The summed E-state index contributed by atoms with van der Waals surface area (Å²) in [6.07, 6.45) is 4.53. The van der Waals surface area contributed by atoms with E-state index in [0.29, 0.717) is 36.4 Å². The van der Waals surface area contributed by atoms with Crippen molar-refractivity contribution in [1.29, 1.82) is 0 Å². The lowest BCUT2D eigenvalue weighted by atomic mass is 9.74. The Kier molecular flexibility index (Phi) is 6.79. The molecule has 10 heteroatoms. The standard InChI is InChI=1S/C27H33FN6O3/c1-36-25-6-2-5-21(28)20(25)15-34-11-3-4-18(14-34)29-27(35)17-8-9-22-19(12-17)26(31-30-22)16-7-10-23-24(13-16)33-37-32-23/h2,5-7,10,13,17-19,22,26,30-31H,3-4,8-9,11-12,14-15H2,1H3,(H,29,35)/t17?,18-,19?,22?,26?/m1/s1. The minimum absolute atomic E-state index is 0.0232. The average molecular weight is 509 g/mol. The first kappa shape index (κ1) is 24.3. The predicted molar refractivity (Wildman–Crippen MR) is 135 cm³/mol. The fraction of sp³-hybridized carbons (Fsp3) is 0.519. The van der Waals surface area contributed by atoms with E-state index >= 15 is 0 Å². The first-order chi connectivity index (χ1) is 18.1. The van der Waals surface area contributed by atoms with Crippen molar-refractivity contribution < 1.29 is 18.6 Å². The van der Waals surface area contributed by atoms with Crippen LogP contribution in [0.15, 0.2) is 41.0 Å². The molecule has 3 aromatic rings. The number of rotatable bonds is 6. The third-order valence-electron chi connectivity index (χ3n) is 8.29. The second-order valence-corrected chi connectivity index (χ2v) is 10.6. The number of hydrogen-bond acceptors (Lipinski definition) is 8. The molecule has 3 heterocycles. The molecule has 6 rings (SSSR count). The maximum absolute atomic E-state index is 14.5. The topological polar surface area (TPSA) is 105 Å². The van der Waals surface area contributed by atoms with Crippen LogP contribution < -0.4 is 20.9 Å². The van der Waals surface area contributed by atoms with Crippen LogP contribution in [0.1, 0.15) is 49.3 Å². The van der Waals surface area contributed by atoms with Gasteiger partial charge in [-0.2, -0.15) is 0 Å². The Morgan fingerprint density at radius 3 is 2.97 bits per heavy atom. The fourth-order valence-electron chi connectivity index (χ4n) is 6.36. The van der Waals surface area contributed by atoms with Crippen molar-refractivity contribution >= 4 is 16.9 Å². The zero-order chi connectivity index (χ0) is 25.4. The highest BCUT2D eigenvalue weighted by Gasteiger charge is 2.43. The maximum atomic E-state index is 14.5. The van der Waals surface area contributed by atoms with E-state index in [4.69, 9.17) is 9.37 Å². The number of amides is 1. The normalized spacial score (nSPS) is 28.2. The van der Waals surface area contributed by atoms with Crippen molar-refractivity contribution in [3.8, 4) is 5.75 Å². The van der Waals surface area contributed by atoms with E-state index in [1.807, 2.05) is 12.1 Å². The first-order valence-electron chi connectivity index (χ1n) is 13.2. The minimum Gasteiger partial charge on any atom is -0.496 e. The molecular formula is C27H33FN6O3. The van der Waals surface area contributed by atoms with Crippen LogP contribution in [0.3, 0.4) is 0 Å². The summed E-state index contributed by atoms with van der Waals surface area (Å²) >= 11 is 0. The summed E-state index contributed by atoms with van der Waals surface area (Å²) in [7, 11) is 1.57. The van der Waals surface area contributed by atoms with Crippen LogP contribution in [-0.4, -0.2) is 53.4 Å². The number of nitrogens with zero attached hydrogens (tertiary/aromatic N) is 3. The Morgan fingerprint density at radius 1 is 1.19 bits per heavy atom. The summed E-state index contributed by atoms with van der Waals surface area (Å²) in [5.41, 5.74) is 10.1. The second-order valence-electron chi connectivity index (χ2n) is 10.6. The summed E-state index contributed by atoms with van der Waals surface area (Å²) in [4.78, 5) is 15.6. The SMILES string of the molecule is COc1cccc(F)c1CN1CCC[C@@H](NC(=O)C2CCC3NNC(c4ccc5nonc5c4)C3C2)C1. The van der Waals surface area contributed by atoms with Crippen LogP contribution in [-0.2, 0) is 11.3 Å². The van der Waals surface area contributed by atoms with Crippen molar-refractivity contribution in [3.05, 3.63) is 53.3 Å². The van der Waals surface area contributed by atoms with Crippen molar-refractivity contribution in [1.82, 2.24) is 31.4 Å². The van der Waals surface area contributed by atoms with Crippen LogP contribution in [0, 0.1) is 17.7 Å². The van der Waals surface area contributed by atoms with Crippen molar-refractivity contribution in [3.63, 3.8) is 0 Å². The van der Waals surface area contributed by atoms with Gasteiger partial charge in [-0.1, -0.05) is 12.1 Å². The number of halogens is 1. The van der Waals surface area contributed by atoms with Crippen LogP contribution >= 0.6 is 0 Å². The summed E-state index contributed by atoms with van der Waals surface area (Å²) in [5.74, 6) is 0.725. The number of hydrazine groups is 1. The number of likely N-dealkylation sites (tertiary alicyclic amines) is 1. The van der Waals surface area contributed by atoms with Crippen molar-refractivity contribution in [2.75, 3.05) is 20.2 Å². The molecule has 196 valence electrons. The molecule has 2 aliphatic heterocycles. The van der Waals surface area contributed by atoms with Gasteiger partial charge in [0.25, 0.3) is 0 Å². The molecule has 2 aromatic carbocycles. The Bertz CT molecular complexity index is 1270. The molecule has 4 unspecified atom stereocenters. The summed E-state index contributed by atoms with van der Waals surface area (Å²) < 4.78 is 24.7. The number of methoxy groups -OCH3 is 1. The molecule has 0 bridgehead atoms. The number of carbonyl (C=O) groups is 1. The number of fused-ring (bicyclic) bond motifs is 2. The zero-order valence-corrected chi connectivity index (χ0v) is 21.0. The predicted octanol–water partition coefficient (Wildman–Crippen LogP) is 3.09. The zero-order valence-electron chi connectivity index (χ0n) is 21.0. The number of hydrogen-bond donors (Lipinski definition) is 3. The van der Waals surface area contributed by atoms with Gasteiger partial charge in [-0.3, -0.25) is 15.1 Å². The van der Waals surface area contributed by atoms with Gasteiger partial charge in [-0.15, -0.1) is 0 Å². The average Bonchev–Trinajstić information content (AvgIpc) is 3.56. The number of carbonyl (C=O) groups excluding carboxylic acids is 1. The molecular weight excluding hydrogens is 475 g/mol. The van der Waals surface area contributed by atoms with E-state index in [2.05, 4.69) is 37.4 Å². The van der Waals surface area contributed by atoms with E-state index in [0.717, 1.165) is 55.2 Å². The summed E-state index contributed by atoms with van der Waals surface area (Å²) in [5, 5.41) is 11.2. The number of piperidine rings is 1. The van der Waals surface area contributed by atoms with Gasteiger partial charge in [0.05, 0.1) is 13.2 Å². The molecule has 0 radical (unpaired) electrons. The van der Waals surface area contributed by atoms with E-state index in [9.17, 15) is 9.18 Å². The molecule has 5 atom stereocenters. The molecule has 1 aliphatic carbocycles. The molecule has 3 fully saturated rings. The Balaban J connectivity index is 1.08. The monoisotopic (exact) mass is 508 g/mol. The van der Waals surface area contributed by atoms with Crippen molar-refractivity contribution in [2.45, 2.75) is 56.8 Å². The van der Waals surface area contributed by atoms with Gasteiger partial charge >= 0.3 is 0 Å². The summed E-state index contributed by atoms with van der Waals surface area (Å²) in [6, 6.07) is 11.4. The van der Waals surface area contributed by atoms with Crippen molar-refractivity contribution in [2.24, 2.45) is 11.8 Å². The van der Waals surface area contributed by atoms with Gasteiger partial charge in [-0.05, 0) is 84.7 Å². The van der Waals surface area contributed by atoms with Gasteiger partial charge < -0.3 is 10.1 Å². The Labute approximate surface area is 215 Å². The molecule has 3 N–H and O–H groups in total. The highest BCUT2D eigenvalue weighted by Crippen LogP contribution is 2.41. The Hall–Kier alpha value is -3.08. The highest BCUT2D eigenvalue weighted by atomic mass is 19.1. The van der Waals surface area contributed by atoms with Crippen LogP contribution in [0.4, 0.5) is 4.39 Å².